The van der Waals surface area contributed by atoms with Gasteiger partial charge in [-0.05, 0) is 37.6 Å². The first-order valence-electron chi connectivity index (χ1n) is 6.56. The van der Waals surface area contributed by atoms with Crippen molar-refractivity contribution in [2.75, 3.05) is 24.5 Å². The van der Waals surface area contributed by atoms with E-state index in [0.717, 1.165) is 36.5 Å². The van der Waals surface area contributed by atoms with Crippen molar-refractivity contribution < 1.29 is 0 Å². The number of anilines is 1. The van der Waals surface area contributed by atoms with Gasteiger partial charge in [0.2, 0.25) is 5.13 Å². The van der Waals surface area contributed by atoms with Crippen LogP contribution in [0, 0.1) is 11.8 Å². The normalized spacial score (nSPS) is 29.6. The van der Waals surface area contributed by atoms with E-state index >= 15 is 0 Å². The predicted molar refractivity (Wildman–Crippen MR) is 70.4 cm³/mol. The Bertz CT molecular complexity index is 388. The summed E-state index contributed by atoms with van der Waals surface area (Å²) in [5, 5.41) is 1.11. The van der Waals surface area contributed by atoms with Crippen molar-refractivity contribution >= 4 is 16.7 Å². The van der Waals surface area contributed by atoms with E-state index in [0.29, 0.717) is 11.8 Å². The highest BCUT2D eigenvalue weighted by Gasteiger charge is 2.30. The first-order valence-corrected chi connectivity index (χ1v) is 7.34. The monoisotopic (exact) mass is 252 g/mol. The molecular weight excluding hydrogens is 232 g/mol. The van der Waals surface area contributed by atoms with E-state index in [9.17, 15) is 0 Å². The maximum atomic E-state index is 5.84. The molecule has 1 aromatic rings. The average molecular weight is 252 g/mol. The number of aromatic nitrogens is 2. The fourth-order valence-electron chi connectivity index (χ4n) is 2.49. The van der Waals surface area contributed by atoms with Gasteiger partial charge in [-0.15, -0.1) is 0 Å². The van der Waals surface area contributed by atoms with Crippen molar-refractivity contribution in [3.63, 3.8) is 0 Å². The van der Waals surface area contributed by atoms with Crippen LogP contribution in [0.25, 0.3) is 0 Å². The number of hydrogen-bond donors (Lipinski definition) is 1. The van der Waals surface area contributed by atoms with Crippen LogP contribution < -0.4 is 10.6 Å². The summed E-state index contributed by atoms with van der Waals surface area (Å²) in [6, 6.07) is 0. The van der Waals surface area contributed by atoms with E-state index in [1.54, 1.807) is 11.5 Å². The highest BCUT2D eigenvalue weighted by Crippen LogP contribution is 2.40. The molecule has 2 aliphatic rings. The van der Waals surface area contributed by atoms with Crippen LogP contribution in [0.15, 0.2) is 0 Å². The summed E-state index contributed by atoms with van der Waals surface area (Å²) in [5.41, 5.74) is 5.84. The highest BCUT2D eigenvalue weighted by molar-refractivity contribution is 7.09. The largest absolute Gasteiger partial charge is 0.347 e. The lowest BCUT2D eigenvalue weighted by Crippen LogP contribution is -2.42. The third-order valence-electron chi connectivity index (χ3n) is 4.06. The number of nitrogens with two attached hydrogens (primary N) is 1. The van der Waals surface area contributed by atoms with Gasteiger partial charge in [-0.2, -0.15) is 4.37 Å². The quantitative estimate of drug-likeness (QED) is 0.892. The van der Waals surface area contributed by atoms with Crippen LogP contribution in [0.2, 0.25) is 0 Å². The van der Waals surface area contributed by atoms with Gasteiger partial charge in [-0.25, -0.2) is 4.98 Å². The Labute approximate surface area is 106 Å². The standard InChI is InChI=1S/C12H20N4S/c1-8-4-5-16(7-10(8)6-13)12-14-11(15-17-12)9-2-3-9/h8-10H,2-7,13H2,1H3. The molecule has 0 spiro atoms. The van der Waals surface area contributed by atoms with Gasteiger partial charge < -0.3 is 10.6 Å². The van der Waals surface area contributed by atoms with Gasteiger partial charge in [-0.1, -0.05) is 6.92 Å². The number of hydrogen-bond acceptors (Lipinski definition) is 5. The van der Waals surface area contributed by atoms with Crippen molar-refractivity contribution in [3.8, 4) is 0 Å². The summed E-state index contributed by atoms with van der Waals surface area (Å²) in [7, 11) is 0. The van der Waals surface area contributed by atoms with Crippen LogP contribution >= 0.6 is 11.5 Å². The fourth-order valence-corrected chi connectivity index (χ4v) is 3.27. The zero-order valence-electron chi connectivity index (χ0n) is 10.3. The van der Waals surface area contributed by atoms with E-state index in [1.165, 1.54) is 19.3 Å². The molecule has 0 aromatic carbocycles. The third kappa shape index (κ3) is 2.31. The lowest BCUT2D eigenvalue weighted by Gasteiger charge is -2.36. The molecule has 1 aliphatic carbocycles. The van der Waals surface area contributed by atoms with E-state index in [2.05, 4.69) is 21.2 Å². The Hall–Kier alpha value is -0.680. The molecule has 2 fully saturated rings. The number of piperidine rings is 1. The smallest absolute Gasteiger partial charge is 0.205 e. The number of nitrogens with zero attached hydrogens (tertiary/aromatic N) is 3. The van der Waals surface area contributed by atoms with Crippen LogP contribution in [0.3, 0.4) is 0 Å². The molecule has 94 valence electrons. The average Bonchev–Trinajstić information content (AvgIpc) is 3.08. The van der Waals surface area contributed by atoms with Crippen LogP contribution in [-0.2, 0) is 0 Å². The van der Waals surface area contributed by atoms with Gasteiger partial charge in [0.15, 0.2) is 0 Å². The summed E-state index contributed by atoms with van der Waals surface area (Å²) in [6.45, 7) is 5.25. The second kappa shape index (κ2) is 4.53. The second-order valence-electron chi connectivity index (χ2n) is 5.42. The molecular formula is C12H20N4S. The summed E-state index contributed by atoms with van der Waals surface area (Å²) in [6.07, 6.45) is 3.78. The van der Waals surface area contributed by atoms with E-state index in [4.69, 9.17) is 5.73 Å². The molecule has 2 atom stereocenters. The molecule has 2 unspecified atom stereocenters. The first kappa shape index (κ1) is 11.4. The molecule has 5 heteroatoms. The third-order valence-corrected chi connectivity index (χ3v) is 4.85. The van der Waals surface area contributed by atoms with Gasteiger partial charge in [0.1, 0.15) is 5.82 Å². The predicted octanol–water partition coefficient (Wildman–Crippen LogP) is 1.84. The molecule has 1 saturated heterocycles. The van der Waals surface area contributed by atoms with Crippen molar-refractivity contribution in [2.24, 2.45) is 17.6 Å². The molecule has 1 aliphatic heterocycles. The Kier molecular flexibility index (Phi) is 3.04. The topological polar surface area (TPSA) is 55.0 Å². The minimum atomic E-state index is 0.608. The maximum absolute atomic E-state index is 5.84. The highest BCUT2D eigenvalue weighted by atomic mass is 32.1. The molecule has 0 amide bonds. The lowest BCUT2D eigenvalue weighted by molar-refractivity contribution is 0.307. The fraction of sp³-hybridized carbons (Fsp3) is 0.833. The maximum Gasteiger partial charge on any atom is 0.205 e. The Morgan fingerprint density at radius 1 is 1.41 bits per heavy atom. The zero-order valence-corrected chi connectivity index (χ0v) is 11.1. The van der Waals surface area contributed by atoms with Gasteiger partial charge >= 0.3 is 0 Å². The summed E-state index contributed by atoms with van der Waals surface area (Å²) in [4.78, 5) is 7.06. The Morgan fingerprint density at radius 2 is 2.24 bits per heavy atom. The molecule has 0 radical (unpaired) electrons. The zero-order chi connectivity index (χ0) is 11.8. The van der Waals surface area contributed by atoms with E-state index in [1.807, 2.05) is 0 Å². The van der Waals surface area contributed by atoms with Crippen LogP contribution in [0.4, 0.5) is 5.13 Å². The van der Waals surface area contributed by atoms with Crippen LogP contribution in [0.1, 0.15) is 37.9 Å². The molecule has 2 heterocycles. The summed E-state index contributed by atoms with van der Waals surface area (Å²) >= 11 is 1.56. The molecule has 3 rings (SSSR count). The summed E-state index contributed by atoms with van der Waals surface area (Å²) < 4.78 is 4.48. The number of rotatable bonds is 3. The Morgan fingerprint density at radius 3 is 2.94 bits per heavy atom. The van der Waals surface area contributed by atoms with E-state index in [-0.39, 0.29) is 0 Å². The second-order valence-corrected chi connectivity index (χ2v) is 6.15. The molecule has 4 nitrogen and oxygen atoms in total. The summed E-state index contributed by atoms with van der Waals surface area (Å²) in [5.74, 6) is 3.09. The lowest BCUT2D eigenvalue weighted by atomic mass is 9.87. The first-order chi connectivity index (χ1) is 8.28. The van der Waals surface area contributed by atoms with Crippen molar-refractivity contribution in [3.05, 3.63) is 5.82 Å². The minimum absolute atomic E-state index is 0.608. The molecule has 0 bridgehead atoms. The van der Waals surface area contributed by atoms with Gasteiger partial charge in [0.25, 0.3) is 0 Å². The minimum Gasteiger partial charge on any atom is -0.347 e. The SMILES string of the molecule is CC1CCN(c2nc(C3CC3)ns2)CC1CN. The van der Waals surface area contributed by atoms with E-state index < -0.39 is 0 Å². The van der Waals surface area contributed by atoms with Crippen LogP contribution in [-0.4, -0.2) is 29.0 Å². The molecule has 17 heavy (non-hydrogen) atoms. The van der Waals surface area contributed by atoms with Gasteiger partial charge in [-0.3, -0.25) is 0 Å². The Balaban J connectivity index is 1.70. The van der Waals surface area contributed by atoms with Crippen LogP contribution in [0.5, 0.6) is 0 Å². The van der Waals surface area contributed by atoms with Gasteiger partial charge in [0.05, 0.1) is 0 Å². The van der Waals surface area contributed by atoms with Crippen molar-refractivity contribution in [1.29, 1.82) is 0 Å². The molecule has 2 N–H and O–H groups in total. The van der Waals surface area contributed by atoms with Crippen molar-refractivity contribution in [1.82, 2.24) is 9.36 Å². The molecule has 1 saturated carbocycles. The molecule has 1 aromatic heterocycles. The van der Waals surface area contributed by atoms with Gasteiger partial charge in [0, 0.05) is 30.5 Å². The van der Waals surface area contributed by atoms with Crippen molar-refractivity contribution in [2.45, 2.75) is 32.1 Å².